The van der Waals surface area contributed by atoms with E-state index < -0.39 is 5.60 Å². The average molecular weight is 536 g/mol. The summed E-state index contributed by atoms with van der Waals surface area (Å²) >= 11 is 1.92. The third-order valence-corrected chi connectivity index (χ3v) is 10.3. The highest BCUT2D eigenvalue weighted by atomic mass is 32.2. The molecule has 4 bridgehead atoms. The molecule has 6 nitrogen and oxygen atoms in total. The van der Waals surface area contributed by atoms with Gasteiger partial charge in [0, 0.05) is 36.6 Å². The third-order valence-electron chi connectivity index (χ3n) is 9.27. The van der Waals surface area contributed by atoms with E-state index in [4.69, 9.17) is 0 Å². The SMILES string of the molecule is CC(C)(O)/C=C/CC1CC[C@@H]2CN(C3NC(C(C)(C)C)CCC3CNSC3CCCC(N1)N3)C(C)(C)C2. The van der Waals surface area contributed by atoms with E-state index in [-0.39, 0.29) is 11.0 Å². The molecule has 0 radical (unpaired) electrons. The summed E-state index contributed by atoms with van der Waals surface area (Å²) in [5.74, 6) is 1.36. The van der Waals surface area contributed by atoms with Crippen LogP contribution in [0.25, 0.3) is 0 Å². The van der Waals surface area contributed by atoms with Gasteiger partial charge in [-0.2, -0.15) is 0 Å². The zero-order valence-corrected chi connectivity index (χ0v) is 25.6. The fourth-order valence-corrected chi connectivity index (χ4v) is 8.22. The fourth-order valence-electron chi connectivity index (χ4n) is 7.19. The Balaban J connectivity index is 1.53. The number of piperidine rings is 2. The lowest BCUT2D eigenvalue weighted by atomic mass is 9.78. The van der Waals surface area contributed by atoms with Gasteiger partial charge in [0.05, 0.1) is 23.3 Å². The zero-order valence-electron chi connectivity index (χ0n) is 24.8. The van der Waals surface area contributed by atoms with Gasteiger partial charge in [0.2, 0.25) is 0 Å². The summed E-state index contributed by atoms with van der Waals surface area (Å²) in [5.41, 5.74) is -0.253. The van der Waals surface area contributed by atoms with Gasteiger partial charge in [-0.1, -0.05) is 44.9 Å². The van der Waals surface area contributed by atoms with Gasteiger partial charge < -0.3 is 5.11 Å². The molecule has 5 N–H and O–H groups in total. The Morgan fingerprint density at radius 1 is 0.973 bits per heavy atom. The lowest BCUT2D eigenvalue weighted by Crippen LogP contribution is -2.63. The summed E-state index contributed by atoms with van der Waals surface area (Å²) in [5, 5.41) is 22.7. The first kappa shape index (κ1) is 29.8. The van der Waals surface area contributed by atoms with E-state index in [1.165, 1.54) is 57.9 Å². The number of rotatable bonds is 3. The Morgan fingerprint density at radius 3 is 2.49 bits per heavy atom. The molecule has 37 heavy (non-hydrogen) atoms. The normalized spacial score (nSPS) is 40.1. The highest BCUT2D eigenvalue weighted by Crippen LogP contribution is 2.41. The van der Waals surface area contributed by atoms with E-state index in [2.05, 4.69) is 66.3 Å². The predicted molar refractivity (Wildman–Crippen MR) is 158 cm³/mol. The largest absolute Gasteiger partial charge is 0.386 e. The summed E-state index contributed by atoms with van der Waals surface area (Å²) < 4.78 is 3.83. The number of aliphatic hydroxyl groups is 1. The van der Waals surface area contributed by atoms with E-state index in [9.17, 15) is 5.11 Å². The van der Waals surface area contributed by atoms with Gasteiger partial charge in [0.15, 0.2) is 0 Å². The van der Waals surface area contributed by atoms with Crippen LogP contribution in [0.1, 0.15) is 106 Å². The van der Waals surface area contributed by atoms with Crippen LogP contribution in [0.3, 0.4) is 0 Å². The quantitative estimate of drug-likeness (QED) is 0.258. The molecule has 0 saturated carbocycles. The average Bonchev–Trinajstić information content (AvgIpc) is 3.09. The molecule has 0 aromatic heterocycles. The number of fused-ring (bicyclic) bond motifs is 6. The smallest absolute Gasteiger partial charge is 0.0771 e. The highest BCUT2D eigenvalue weighted by molar-refractivity contribution is 7.98. The van der Waals surface area contributed by atoms with E-state index in [0.717, 1.165) is 18.9 Å². The molecule has 0 spiro atoms. The molecular formula is C30H57N5OS. The van der Waals surface area contributed by atoms with Crippen LogP contribution in [0.2, 0.25) is 0 Å². The topological polar surface area (TPSA) is 71.6 Å². The van der Waals surface area contributed by atoms with Gasteiger partial charge in [-0.05, 0) is 96.8 Å². The first-order valence-electron chi connectivity index (χ1n) is 15.1. The number of nitrogens with zero attached hydrogens (tertiary/aromatic N) is 1. The summed E-state index contributed by atoms with van der Waals surface area (Å²) in [4.78, 5) is 2.85. The van der Waals surface area contributed by atoms with Crippen molar-refractivity contribution in [2.24, 2.45) is 17.3 Å². The van der Waals surface area contributed by atoms with Crippen molar-refractivity contribution in [2.45, 2.75) is 147 Å². The lowest BCUT2D eigenvalue weighted by molar-refractivity contribution is 0.00552. The molecule has 0 aromatic rings. The molecule has 0 amide bonds. The molecule has 4 aliphatic rings. The van der Waals surface area contributed by atoms with Gasteiger partial charge in [0.1, 0.15) is 0 Å². The molecule has 8 atom stereocenters. The van der Waals surface area contributed by atoms with Crippen LogP contribution >= 0.6 is 11.9 Å². The Morgan fingerprint density at radius 2 is 1.76 bits per heavy atom. The molecule has 4 heterocycles. The van der Waals surface area contributed by atoms with Crippen LogP contribution in [0.5, 0.6) is 0 Å². The Labute approximate surface area is 232 Å². The van der Waals surface area contributed by atoms with Crippen LogP contribution in [-0.4, -0.2) is 64.0 Å². The Bertz CT molecular complexity index is 760. The maximum atomic E-state index is 10.2. The first-order valence-corrected chi connectivity index (χ1v) is 16.0. The number of hydrogen-bond donors (Lipinski definition) is 5. The van der Waals surface area contributed by atoms with Crippen molar-refractivity contribution < 1.29 is 5.11 Å². The molecule has 4 saturated heterocycles. The lowest BCUT2D eigenvalue weighted by Gasteiger charge is -2.50. The van der Waals surface area contributed by atoms with Gasteiger partial charge in [-0.15, -0.1) is 0 Å². The zero-order chi connectivity index (χ0) is 26.8. The molecule has 4 fully saturated rings. The molecule has 0 aliphatic carbocycles. The van der Waals surface area contributed by atoms with Gasteiger partial charge in [-0.3, -0.25) is 25.6 Å². The molecular weight excluding hydrogens is 478 g/mol. The van der Waals surface area contributed by atoms with E-state index in [1.807, 2.05) is 31.9 Å². The number of nitrogens with one attached hydrogen (secondary N) is 4. The summed E-state index contributed by atoms with van der Waals surface area (Å²) in [6.45, 7) is 18.1. The van der Waals surface area contributed by atoms with Crippen molar-refractivity contribution >= 4 is 11.9 Å². The molecule has 0 aromatic carbocycles. The van der Waals surface area contributed by atoms with Crippen molar-refractivity contribution in [3.8, 4) is 0 Å². The standard InChI is InChI=1S/C30H57N5OS/c1-28(2,3)24-16-14-22-19-31-37-26-12-8-11-25(34-26)32-23(10-9-17-30(6,7)36)15-13-21-18-29(4,5)35(20-21)27(22)33-24/h9,17,21-27,31-34,36H,8,10-16,18-20H2,1-7H3/b17-9+/t21-,22?,23?,24?,25?,26?,27?/m0/s1. The first-order chi connectivity index (χ1) is 17.3. The maximum absolute atomic E-state index is 10.2. The Hall–Kier alpha value is -0.150. The van der Waals surface area contributed by atoms with Crippen molar-refractivity contribution in [2.75, 3.05) is 13.1 Å². The van der Waals surface area contributed by atoms with Gasteiger partial charge in [0.25, 0.3) is 0 Å². The summed E-state index contributed by atoms with van der Waals surface area (Å²) in [7, 11) is 0. The molecule has 7 unspecified atom stereocenters. The van der Waals surface area contributed by atoms with Crippen LogP contribution in [0.4, 0.5) is 0 Å². The highest BCUT2D eigenvalue weighted by Gasteiger charge is 2.47. The van der Waals surface area contributed by atoms with E-state index in [1.54, 1.807) is 0 Å². The minimum atomic E-state index is -0.749. The van der Waals surface area contributed by atoms with Crippen molar-refractivity contribution in [1.82, 2.24) is 25.6 Å². The molecule has 4 rings (SSSR count). The van der Waals surface area contributed by atoms with Crippen LogP contribution in [0.15, 0.2) is 12.2 Å². The maximum Gasteiger partial charge on any atom is 0.0771 e. The second kappa shape index (κ2) is 12.2. The van der Waals surface area contributed by atoms with Gasteiger partial charge >= 0.3 is 0 Å². The molecule has 7 heteroatoms. The van der Waals surface area contributed by atoms with Gasteiger partial charge in [-0.25, -0.2) is 0 Å². The van der Waals surface area contributed by atoms with Crippen molar-refractivity contribution in [3.05, 3.63) is 12.2 Å². The van der Waals surface area contributed by atoms with Crippen LogP contribution in [0, 0.1) is 17.3 Å². The molecule has 214 valence electrons. The summed E-state index contributed by atoms with van der Waals surface area (Å²) in [6, 6.07) is 0.996. The summed E-state index contributed by atoms with van der Waals surface area (Å²) in [6.07, 6.45) is 15.9. The number of hydrogen-bond acceptors (Lipinski definition) is 7. The second-order valence-electron chi connectivity index (χ2n) is 14.7. The predicted octanol–water partition coefficient (Wildman–Crippen LogP) is 4.96. The van der Waals surface area contributed by atoms with Crippen LogP contribution in [-0.2, 0) is 0 Å². The Kier molecular flexibility index (Phi) is 9.80. The minimum Gasteiger partial charge on any atom is -0.386 e. The third kappa shape index (κ3) is 8.42. The monoisotopic (exact) mass is 535 g/mol. The second-order valence-corrected chi connectivity index (χ2v) is 15.8. The van der Waals surface area contributed by atoms with Crippen LogP contribution < -0.4 is 20.7 Å². The minimum absolute atomic E-state index is 0.215. The van der Waals surface area contributed by atoms with E-state index >= 15 is 0 Å². The van der Waals surface area contributed by atoms with Crippen molar-refractivity contribution in [1.29, 1.82) is 0 Å². The molecule has 4 aliphatic heterocycles. The fraction of sp³-hybridized carbons (Fsp3) is 0.933. The van der Waals surface area contributed by atoms with E-state index in [0.29, 0.717) is 35.7 Å². The van der Waals surface area contributed by atoms with Crippen molar-refractivity contribution in [3.63, 3.8) is 0 Å².